The molecule has 0 bridgehead atoms. The summed E-state index contributed by atoms with van der Waals surface area (Å²) in [5.41, 5.74) is 0.910. The first-order valence-electron chi connectivity index (χ1n) is 9.23. The predicted octanol–water partition coefficient (Wildman–Crippen LogP) is 1.84. The largest absolute Gasteiger partial charge is 0.493 e. The molecule has 10 nitrogen and oxygen atoms in total. The van der Waals surface area contributed by atoms with E-state index in [1.165, 1.54) is 28.3 Å². The molecular weight excluding hydrogens is 396 g/mol. The molecule has 0 fully saturated rings. The lowest BCUT2D eigenvalue weighted by Crippen LogP contribution is -2.45. The third-order valence-electron chi connectivity index (χ3n) is 4.41. The molecular formula is C20H26N2O8. The highest BCUT2D eigenvalue weighted by Gasteiger charge is 2.35. The Kier molecular flexibility index (Phi) is 7.51. The van der Waals surface area contributed by atoms with Gasteiger partial charge in [-0.3, -0.25) is 0 Å². The standard InChI is InChI=1S/C20H26N2O8/c1-7-29-18(23)11(3)30-19(24)15-10(2)21-20(25)22-16(15)12-8-13(26-4)17(28-6)14(9-12)27-5/h8-9,11,16H,7H2,1-6H3,(H2,21,22,25)/t11-,16+/m1/s1. The van der Waals surface area contributed by atoms with Gasteiger partial charge in [0.1, 0.15) is 0 Å². The molecule has 2 amide bonds. The van der Waals surface area contributed by atoms with Gasteiger partial charge in [-0.1, -0.05) is 0 Å². The molecule has 10 heteroatoms. The molecule has 0 radical (unpaired) electrons. The first-order chi connectivity index (χ1) is 14.3. The van der Waals surface area contributed by atoms with E-state index in [-0.39, 0.29) is 12.2 Å². The van der Waals surface area contributed by atoms with Crippen molar-refractivity contribution in [3.8, 4) is 17.2 Å². The highest BCUT2D eigenvalue weighted by atomic mass is 16.6. The number of amides is 2. The van der Waals surface area contributed by atoms with Gasteiger partial charge in [-0.05, 0) is 38.5 Å². The second-order valence-corrected chi connectivity index (χ2v) is 6.33. The van der Waals surface area contributed by atoms with E-state index in [2.05, 4.69) is 10.6 Å². The average Bonchev–Trinajstić information content (AvgIpc) is 2.71. The van der Waals surface area contributed by atoms with Crippen LogP contribution in [0.5, 0.6) is 17.2 Å². The van der Waals surface area contributed by atoms with Crippen molar-refractivity contribution in [2.24, 2.45) is 0 Å². The molecule has 0 aliphatic carbocycles. The van der Waals surface area contributed by atoms with Crippen LogP contribution in [0.25, 0.3) is 0 Å². The molecule has 0 unspecified atom stereocenters. The number of methoxy groups -OCH3 is 3. The highest BCUT2D eigenvalue weighted by molar-refractivity contribution is 5.96. The number of benzene rings is 1. The van der Waals surface area contributed by atoms with Gasteiger partial charge in [0.2, 0.25) is 5.75 Å². The molecule has 0 spiro atoms. The average molecular weight is 422 g/mol. The Morgan fingerprint density at radius 2 is 1.70 bits per heavy atom. The van der Waals surface area contributed by atoms with E-state index in [4.69, 9.17) is 23.7 Å². The van der Waals surface area contributed by atoms with Crippen LogP contribution in [-0.4, -0.2) is 52.0 Å². The minimum absolute atomic E-state index is 0.125. The molecule has 164 valence electrons. The maximum absolute atomic E-state index is 12.9. The van der Waals surface area contributed by atoms with Crippen LogP contribution < -0.4 is 24.8 Å². The fourth-order valence-corrected chi connectivity index (χ4v) is 3.01. The van der Waals surface area contributed by atoms with Crippen LogP contribution in [0.15, 0.2) is 23.4 Å². The summed E-state index contributed by atoms with van der Waals surface area (Å²) in [6.45, 7) is 4.79. The van der Waals surface area contributed by atoms with E-state index in [0.717, 1.165) is 0 Å². The Balaban J connectivity index is 2.47. The quantitative estimate of drug-likeness (QED) is 0.609. The van der Waals surface area contributed by atoms with Crippen molar-refractivity contribution >= 4 is 18.0 Å². The molecule has 1 aliphatic heterocycles. The molecule has 2 atom stereocenters. The number of esters is 2. The number of hydrogen-bond acceptors (Lipinski definition) is 8. The van der Waals surface area contributed by atoms with Crippen LogP contribution >= 0.6 is 0 Å². The van der Waals surface area contributed by atoms with E-state index in [0.29, 0.717) is 28.5 Å². The van der Waals surface area contributed by atoms with Crippen molar-refractivity contribution < 1.29 is 38.1 Å². The van der Waals surface area contributed by atoms with Crippen molar-refractivity contribution in [1.29, 1.82) is 0 Å². The van der Waals surface area contributed by atoms with Gasteiger partial charge in [0.05, 0.1) is 39.6 Å². The predicted molar refractivity (Wildman–Crippen MR) is 105 cm³/mol. The highest BCUT2D eigenvalue weighted by Crippen LogP contribution is 2.41. The Morgan fingerprint density at radius 3 is 2.20 bits per heavy atom. The lowest BCUT2D eigenvalue weighted by Gasteiger charge is -2.29. The number of carbonyl (C=O) groups excluding carboxylic acids is 3. The number of nitrogens with one attached hydrogen (secondary N) is 2. The third kappa shape index (κ3) is 4.76. The Morgan fingerprint density at radius 1 is 1.10 bits per heavy atom. The molecule has 1 heterocycles. The summed E-state index contributed by atoms with van der Waals surface area (Å²) in [6, 6.07) is 1.86. The van der Waals surface area contributed by atoms with E-state index >= 15 is 0 Å². The van der Waals surface area contributed by atoms with Crippen molar-refractivity contribution in [2.75, 3.05) is 27.9 Å². The summed E-state index contributed by atoms with van der Waals surface area (Å²) in [4.78, 5) is 36.8. The maximum Gasteiger partial charge on any atom is 0.347 e. The zero-order valence-electron chi connectivity index (χ0n) is 17.8. The topological polar surface area (TPSA) is 121 Å². The van der Waals surface area contributed by atoms with Crippen LogP contribution in [0.1, 0.15) is 32.4 Å². The van der Waals surface area contributed by atoms with E-state index in [1.807, 2.05) is 0 Å². The van der Waals surface area contributed by atoms with Crippen molar-refractivity contribution in [3.05, 3.63) is 29.0 Å². The molecule has 30 heavy (non-hydrogen) atoms. The second-order valence-electron chi connectivity index (χ2n) is 6.33. The number of allylic oxidation sites excluding steroid dienone is 1. The Bertz CT molecular complexity index is 839. The molecule has 2 N–H and O–H groups in total. The molecule has 0 saturated carbocycles. The van der Waals surface area contributed by atoms with Crippen molar-refractivity contribution in [1.82, 2.24) is 10.6 Å². The van der Waals surface area contributed by atoms with Gasteiger partial charge in [-0.2, -0.15) is 0 Å². The molecule has 1 aromatic rings. The smallest absolute Gasteiger partial charge is 0.347 e. The van der Waals surface area contributed by atoms with Crippen LogP contribution in [0.2, 0.25) is 0 Å². The van der Waals surface area contributed by atoms with Crippen LogP contribution in [0, 0.1) is 0 Å². The zero-order valence-corrected chi connectivity index (χ0v) is 17.8. The number of hydrogen-bond donors (Lipinski definition) is 2. The normalized spacial score (nSPS) is 16.7. The van der Waals surface area contributed by atoms with Gasteiger partial charge in [-0.15, -0.1) is 0 Å². The number of urea groups is 1. The summed E-state index contributed by atoms with van der Waals surface area (Å²) < 4.78 is 26.2. The number of ether oxygens (including phenoxy) is 5. The first kappa shape index (κ1) is 22.9. The number of carbonyl (C=O) groups is 3. The van der Waals surface area contributed by atoms with Crippen LogP contribution in [0.4, 0.5) is 4.79 Å². The van der Waals surface area contributed by atoms with Gasteiger partial charge in [0.25, 0.3) is 0 Å². The van der Waals surface area contributed by atoms with Gasteiger partial charge < -0.3 is 34.3 Å². The third-order valence-corrected chi connectivity index (χ3v) is 4.41. The summed E-state index contributed by atoms with van der Waals surface area (Å²) in [6.07, 6.45) is -1.11. The molecule has 1 aromatic carbocycles. The molecule has 1 aliphatic rings. The summed E-state index contributed by atoms with van der Waals surface area (Å²) in [5, 5.41) is 5.23. The van der Waals surface area contributed by atoms with E-state index < -0.39 is 30.1 Å². The minimum atomic E-state index is -1.11. The van der Waals surface area contributed by atoms with Gasteiger partial charge in [0.15, 0.2) is 17.6 Å². The lowest BCUT2D eigenvalue weighted by molar-refractivity contribution is -0.164. The van der Waals surface area contributed by atoms with Crippen molar-refractivity contribution in [3.63, 3.8) is 0 Å². The zero-order chi connectivity index (χ0) is 22.4. The fourth-order valence-electron chi connectivity index (χ4n) is 3.01. The summed E-state index contributed by atoms with van der Waals surface area (Å²) in [7, 11) is 4.38. The number of rotatable bonds is 8. The molecule has 0 saturated heterocycles. The van der Waals surface area contributed by atoms with Gasteiger partial charge in [0, 0.05) is 5.70 Å². The summed E-state index contributed by atoms with van der Waals surface area (Å²) >= 11 is 0. The van der Waals surface area contributed by atoms with E-state index in [9.17, 15) is 14.4 Å². The van der Waals surface area contributed by atoms with Crippen LogP contribution in [-0.2, 0) is 19.1 Å². The lowest BCUT2D eigenvalue weighted by atomic mass is 9.95. The van der Waals surface area contributed by atoms with Crippen LogP contribution in [0.3, 0.4) is 0 Å². The Hall–Kier alpha value is -3.43. The molecule has 2 rings (SSSR count). The minimum Gasteiger partial charge on any atom is -0.493 e. The van der Waals surface area contributed by atoms with Gasteiger partial charge in [-0.25, -0.2) is 14.4 Å². The second kappa shape index (κ2) is 9.86. The van der Waals surface area contributed by atoms with Crippen molar-refractivity contribution in [2.45, 2.75) is 32.9 Å². The van der Waals surface area contributed by atoms with E-state index in [1.54, 1.807) is 26.0 Å². The maximum atomic E-state index is 12.9. The van der Waals surface area contributed by atoms with Gasteiger partial charge >= 0.3 is 18.0 Å². The Labute approximate surface area is 174 Å². The fraction of sp³-hybridized carbons (Fsp3) is 0.450. The summed E-state index contributed by atoms with van der Waals surface area (Å²) in [5.74, 6) is -0.375. The molecule has 0 aromatic heterocycles. The monoisotopic (exact) mass is 422 g/mol. The first-order valence-corrected chi connectivity index (χ1v) is 9.23. The SMILES string of the molecule is CCOC(=O)[C@@H](C)OC(=O)C1=C(C)NC(=O)N[C@H]1c1cc(OC)c(OC)c(OC)c1.